The van der Waals surface area contributed by atoms with Crippen molar-refractivity contribution in [3.8, 4) is 11.3 Å². The molecule has 7 heteroatoms. The van der Waals surface area contributed by atoms with Crippen molar-refractivity contribution < 1.29 is 9.32 Å². The number of carbonyl (C=O) groups is 1. The van der Waals surface area contributed by atoms with Crippen LogP contribution in [0.15, 0.2) is 40.9 Å². The normalized spacial score (nSPS) is 20.6. The molecule has 2 atom stereocenters. The van der Waals surface area contributed by atoms with Crippen LogP contribution < -0.4 is 4.90 Å². The molecule has 3 aromatic rings. The lowest BCUT2D eigenvalue weighted by atomic mass is 9.82. The minimum atomic E-state index is -0.0146. The third kappa shape index (κ3) is 3.14. The van der Waals surface area contributed by atoms with Crippen LogP contribution >= 0.6 is 0 Å². The van der Waals surface area contributed by atoms with Crippen molar-refractivity contribution in [2.24, 2.45) is 5.92 Å². The molecule has 0 aliphatic carbocycles. The average molecular weight is 403 g/mol. The van der Waals surface area contributed by atoms with E-state index in [9.17, 15) is 4.79 Å². The Bertz CT molecular complexity index is 1070. The van der Waals surface area contributed by atoms with Crippen LogP contribution in [0.1, 0.15) is 33.9 Å². The molecule has 30 heavy (non-hydrogen) atoms. The van der Waals surface area contributed by atoms with Gasteiger partial charge in [0.05, 0.1) is 6.04 Å². The molecular formula is C23H25N5O2. The minimum absolute atomic E-state index is 0.0146. The number of piperidine rings is 1. The van der Waals surface area contributed by atoms with Crippen LogP contribution in [0.25, 0.3) is 11.3 Å². The first kappa shape index (κ1) is 18.8. The van der Waals surface area contributed by atoms with Gasteiger partial charge in [-0.3, -0.25) is 4.79 Å². The molecule has 2 aliphatic heterocycles. The maximum absolute atomic E-state index is 13.5. The van der Waals surface area contributed by atoms with E-state index in [1.807, 2.05) is 55.1 Å². The molecule has 0 saturated carbocycles. The molecule has 0 bridgehead atoms. The second-order valence-electron chi connectivity index (χ2n) is 8.30. The summed E-state index contributed by atoms with van der Waals surface area (Å²) in [5, 5.41) is 4.18. The van der Waals surface area contributed by atoms with E-state index in [0.717, 1.165) is 42.4 Å². The van der Waals surface area contributed by atoms with E-state index < -0.39 is 0 Å². The van der Waals surface area contributed by atoms with Crippen molar-refractivity contribution in [2.45, 2.75) is 33.2 Å². The average Bonchev–Trinajstić information content (AvgIpc) is 3.10. The lowest BCUT2D eigenvalue weighted by Gasteiger charge is -2.53. The summed E-state index contributed by atoms with van der Waals surface area (Å²) < 4.78 is 5.41. The van der Waals surface area contributed by atoms with Gasteiger partial charge in [-0.15, -0.1) is 0 Å². The largest absolute Gasteiger partial charge is 0.360 e. The Kier molecular flexibility index (Phi) is 4.53. The molecular weight excluding hydrogens is 378 g/mol. The van der Waals surface area contributed by atoms with Crippen molar-refractivity contribution in [3.05, 3.63) is 59.1 Å². The quantitative estimate of drug-likeness (QED) is 0.667. The monoisotopic (exact) mass is 403 g/mol. The predicted molar refractivity (Wildman–Crippen MR) is 113 cm³/mol. The summed E-state index contributed by atoms with van der Waals surface area (Å²) in [7, 11) is 0. The Balaban J connectivity index is 1.39. The summed E-state index contributed by atoms with van der Waals surface area (Å²) in [6.45, 7) is 8.16. The molecule has 1 aromatic carbocycles. The highest BCUT2D eigenvalue weighted by Crippen LogP contribution is 2.36. The standard InChI is InChI=1S/C23H25N5O2/c1-14-11-15(2)25-23(24-14)28-12-18-9-10-27(13-19(18)28)22(29)20-16(3)30-26-21(20)17-7-5-4-6-8-17/h4-8,11,18-19H,9-10,12-13H2,1-3H3/t18-,19-/m0/s1. The van der Waals surface area contributed by atoms with Crippen molar-refractivity contribution in [1.82, 2.24) is 20.0 Å². The van der Waals surface area contributed by atoms with Gasteiger partial charge in [-0.2, -0.15) is 0 Å². The van der Waals surface area contributed by atoms with E-state index in [4.69, 9.17) is 4.52 Å². The molecule has 154 valence electrons. The van der Waals surface area contributed by atoms with Crippen LogP contribution in [0, 0.1) is 26.7 Å². The zero-order chi connectivity index (χ0) is 20.8. The zero-order valence-corrected chi connectivity index (χ0v) is 17.5. The predicted octanol–water partition coefficient (Wildman–Crippen LogP) is 3.41. The summed E-state index contributed by atoms with van der Waals surface area (Å²) >= 11 is 0. The van der Waals surface area contributed by atoms with Crippen LogP contribution in [0.4, 0.5) is 5.95 Å². The van der Waals surface area contributed by atoms with Gasteiger partial charge >= 0.3 is 0 Å². The first-order valence-corrected chi connectivity index (χ1v) is 10.4. The number of anilines is 1. The highest BCUT2D eigenvalue weighted by Gasteiger charge is 2.45. The molecule has 0 unspecified atom stereocenters. The molecule has 0 N–H and O–H groups in total. The van der Waals surface area contributed by atoms with Crippen LogP contribution in [0.2, 0.25) is 0 Å². The van der Waals surface area contributed by atoms with E-state index in [-0.39, 0.29) is 11.9 Å². The maximum Gasteiger partial charge on any atom is 0.259 e. The van der Waals surface area contributed by atoms with Crippen LogP contribution in [-0.4, -0.2) is 51.6 Å². The zero-order valence-electron chi connectivity index (χ0n) is 17.5. The molecule has 0 radical (unpaired) electrons. The summed E-state index contributed by atoms with van der Waals surface area (Å²) in [5.41, 5.74) is 4.01. The van der Waals surface area contributed by atoms with Crippen molar-refractivity contribution in [2.75, 3.05) is 24.5 Å². The topological polar surface area (TPSA) is 75.4 Å². The number of nitrogens with zero attached hydrogens (tertiary/aromatic N) is 5. The number of hydrogen-bond acceptors (Lipinski definition) is 6. The summed E-state index contributed by atoms with van der Waals surface area (Å²) in [6.07, 6.45) is 0.989. The summed E-state index contributed by atoms with van der Waals surface area (Å²) in [6, 6.07) is 12.0. The van der Waals surface area contributed by atoms with Crippen LogP contribution in [-0.2, 0) is 0 Å². The lowest BCUT2D eigenvalue weighted by molar-refractivity contribution is 0.0588. The SMILES string of the molecule is Cc1cc(C)nc(N2C[C@@H]3CCN(C(=O)c4c(-c5ccccc5)noc4C)C[C@@H]32)n1. The van der Waals surface area contributed by atoms with Gasteiger partial charge in [0.15, 0.2) is 0 Å². The highest BCUT2D eigenvalue weighted by atomic mass is 16.5. The Morgan fingerprint density at radius 1 is 1.07 bits per heavy atom. The van der Waals surface area contributed by atoms with E-state index in [1.165, 1.54) is 0 Å². The van der Waals surface area contributed by atoms with Crippen molar-refractivity contribution in [1.29, 1.82) is 0 Å². The number of amides is 1. The number of carbonyl (C=O) groups excluding carboxylic acids is 1. The lowest BCUT2D eigenvalue weighted by Crippen LogP contribution is -2.65. The van der Waals surface area contributed by atoms with Gasteiger partial charge in [-0.25, -0.2) is 9.97 Å². The minimum Gasteiger partial charge on any atom is -0.360 e. The molecule has 5 rings (SSSR count). The van der Waals surface area contributed by atoms with Crippen molar-refractivity contribution in [3.63, 3.8) is 0 Å². The summed E-state index contributed by atoms with van der Waals surface area (Å²) in [4.78, 5) is 26.9. The number of hydrogen-bond donors (Lipinski definition) is 0. The fourth-order valence-corrected chi connectivity index (χ4v) is 4.62. The Hall–Kier alpha value is -3.22. The van der Waals surface area contributed by atoms with E-state index in [2.05, 4.69) is 20.0 Å². The fourth-order valence-electron chi connectivity index (χ4n) is 4.62. The number of aryl methyl sites for hydroxylation is 3. The Morgan fingerprint density at radius 2 is 1.80 bits per heavy atom. The van der Waals surface area contributed by atoms with Gasteiger partial charge in [0.1, 0.15) is 17.0 Å². The molecule has 0 spiro atoms. The van der Waals surface area contributed by atoms with E-state index >= 15 is 0 Å². The van der Waals surface area contributed by atoms with Gasteiger partial charge < -0.3 is 14.3 Å². The van der Waals surface area contributed by atoms with Gasteiger partial charge in [0, 0.05) is 42.5 Å². The fraction of sp³-hybridized carbons (Fsp3) is 0.391. The van der Waals surface area contributed by atoms with Gasteiger partial charge in [0.2, 0.25) is 5.95 Å². The molecule has 4 heterocycles. The molecule has 2 aliphatic rings. The third-order valence-corrected chi connectivity index (χ3v) is 6.19. The number of benzene rings is 1. The smallest absolute Gasteiger partial charge is 0.259 e. The molecule has 2 saturated heterocycles. The number of fused-ring (bicyclic) bond motifs is 1. The third-order valence-electron chi connectivity index (χ3n) is 6.19. The van der Waals surface area contributed by atoms with Crippen molar-refractivity contribution >= 4 is 11.9 Å². The van der Waals surface area contributed by atoms with Crippen LogP contribution in [0.5, 0.6) is 0 Å². The summed E-state index contributed by atoms with van der Waals surface area (Å²) in [5.74, 6) is 1.90. The van der Waals surface area contributed by atoms with E-state index in [1.54, 1.807) is 6.92 Å². The second-order valence-corrected chi connectivity index (χ2v) is 8.30. The van der Waals surface area contributed by atoms with Crippen LogP contribution in [0.3, 0.4) is 0 Å². The van der Waals surface area contributed by atoms with Gasteiger partial charge in [-0.1, -0.05) is 35.5 Å². The number of likely N-dealkylation sites (tertiary alicyclic amines) is 1. The molecule has 2 fully saturated rings. The maximum atomic E-state index is 13.5. The first-order chi connectivity index (χ1) is 14.5. The second kappa shape index (κ2) is 7.23. The number of aromatic nitrogens is 3. The first-order valence-electron chi connectivity index (χ1n) is 10.4. The highest BCUT2D eigenvalue weighted by molar-refractivity contribution is 6.00. The van der Waals surface area contributed by atoms with Gasteiger partial charge in [0.25, 0.3) is 5.91 Å². The molecule has 1 amide bonds. The van der Waals surface area contributed by atoms with Gasteiger partial charge in [-0.05, 0) is 33.3 Å². The number of rotatable bonds is 3. The molecule has 2 aromatic heterocycles. The Morgan fingerprint density at radius 3 is 2.53 bits per heavy atom. The molecule has 7 nitrogen and oxygen atoms in total. The van der Waals surface area contributed by atoms with E-state index in [0.29, 0.717) is 29.5 Å². The Labute approximate surface area is 175 Å².